The van der Waals surface area contributed by atoms with Gasteiger partial charge in [-0.1, -0.05) is 38.1 Å². The van der Waals surface area contributed by atoms with Crippen LogP contribution in [0.4, 0.5) is 4.39 Å². The van der Waals surface area contributed by atoms with Gasteiger partial charge < -0.3 is 14.7 Å². The molecule has 1 aliphatic heterocycles. The van der Waals surface area contributed by atoms with Crippen LogP contribution in [0.1, 0.15) is 87.2 Å². The molecule has 1 aliphatic carbocycles. The third-order valence-electron chi connectivity index (χ3n) is 10.2. The van der Waals surface area contributed by atoms with Gasteiger partial charge in [0.15, 0.2) is 0 Å². The highest BCUT2D eigenvalue weighted by molar-refractivity contribution is 5.73. The Bertz CT molecular complexity index is 1420. The Morgan fingerprint density at radius 2 is 1.87 bits per heavy atom. The van der Waals surface area contributed by atoms with E-state index in [1.165, 1.54) is 17.3 Å². The molecule has 4 atom stereocenters. The van der Waals surface area contributed by atoms with Crippen molar-refractivity contribution < 1.29 is 19.0 Å². The van der Waals surface area contributed by atoms with Crippen molar-refractivity contribution in [2.24, 2.45) is 11.8 Å². The molecule has 7 nitrogen and oxygen atoms in total. The van der Waals surface area contributed by atoms with Crippen LogP contribution < -0.4 is 4.74 Å². The van der Waals surface area contributed by atoms with Crippen LogP contribution in [-0.2, 0) is 17.8 Å². The van der Waals surface area contributed by atoms with Crippen molar-refractivity contribution in [1.82, 2.24) is 19.6 Å². The zero-order chi connectivity index (χ0) is 32.1. The van der Waals surface area contributed by atoms with Crippen LogP contribution in [0.3, 0.4) is 0 Å². The summed E-state index contributed by atoms with van der Waals surface area (Å²) in [7, 11) is 3.67. The molecule has 1 saturated carbocycles. The summed E-state index contributed by atoms with van der Waals surface area (Å²) in [5, 5.41) is 15.0. The molecule has 1 N–H and O–H groups in total. The fourth-order valence-electron chi connectivity index (χ4n) is 7.81. The fourth-order valence-corrected chi connectivity index (χ4v) is 7.81. The number of aliphatic carboxylic acids is 1. The molecule has 2 fully saturated rings. The molecule has 2 heterocycles. The van der Waals surface area contributed by atoms with Crippen molar-refractivity contribution in [2.45, 2.75) is 89.8 Å². The van der Waals surface area contributed by atoms with Gasteiger partial charge in [0.25, 0.3) is 0 Å². The lowest BCUT2D eigenvalue weighted by atomic mass is 9.87. The highest BCUT2D eigenvalue weighted by Crippen LogP contribution is 2.43. The number of aromatic nitrogens is 2. The van der Waals surface area contributed by atoms with Gasteiger partial charge in [-0.15, -0.1) is 0 Å². The van der Waals surface area contributed by atoms with Crippen molar-refractivity contribution in [1.29, 1.82) is 0 Å². The van der Waals surface area contributed by atoms with Crippen molar-refractivity contribution >= 4 is 5.97 Å². The summed E-state index contributed by atoms with van der Waals surface area (Å²) in [6.45, 7) is 10.2. The normalized spacial score (nSPS) is 21.9. The third-order valence-corrected chi connectivity index (χ3v) is 10.2. The van der Waals surface area contributed by atoms with Gasteiger partial charge in [-0.05, 0) is 118 Å². The second kappa shape index (κ2) is 14.9. The lowest BCUT2D eigenvalue weighted by Gasteiger charge is -2.35. The Balaban J connectivity index is 1.25. The number of aryl methyl sites for hydroxylation is 1. The molecule has 3 unspecified atom stereocenters. The molecule has 0 radical (unpaired) electrons. The Labute approximate surface area is 268 Å². The van der Waals surface area contributed by atoms with Crippen LogP contribution in [0, 0.1) is 17.7 Å². The predicted molar refractivity (Wildman–Crippen MR) is 176 cm³/mol. The molecular weight excluding hydrogens is 567 g/mol. The first kappa shape index (κ1) is 33.1. The topological polar surface area (TPSA) is 70.8 Å². The number of piperidine rings is 1. The van der Waals surface area contributed by atoms with E-state index in [4.69, 9.17) is 9.84 Å². The first-order chi connectivity index (χ1) is 21.6. The SMILES string of the molecule is CCn1nc(Cc2cccc(OC)c2)cc1C1CCN(CC2CC(N(C)[C@H](CC(C)C)C(=O)O)CC2c2cccc(F)c2)CC1. The third kappa shape index (κ3) is 8.14. The van der Waals surface area contributed by atoms with E-state index in [2.05, 4.69) is 53.5 Å². The zero-order valence-corrected chi connectivity index (χ0v) is 27.7. The number of carboxylic acids is 1. The standard InChI is InChI=1S/C37H51FN4O3/c1-6-42-35(22-31(39-42)18-26-9-7-12-33(19-26)45-5)27-13-15-41(16-14-27)24-29-21-32(40(4)36(37(43)44)17-25(2)3)23-34(29)28-10-8-11-30(38)20-28/h7-12,19-20,22,25,27,29,32,34,36H,6,13-18,21,23-24H2,1-5H3,(H,43,44)/t29?,32?,34?,36-/m1/s1. The number of rotatable bonds is 13. The van der Waals surface area contributed by atoms with Crippen LogP contribution in [0.2, 0.25) is 0 Å². The number of benzene rings is 2. The summed E-state index contributed by atoms with van der Waals surface area (Å²) in [6, 6.07) is 17.2. The maximum atomic E-state index is 14.4. The largest absolute Gasteiger partial charge is 0.497 e. The number of likely N-dealkylation sites (tertiary alicyclic amines) is 1. The summed E-state index contributed by atoms with van der Waals surface area (Å²) < 4.78 is 21.9. The Kier molecular flexibility index (Phi) is 11.0. The van der Waals surface area contributed by atoms with Crippen LogP contribution >= 0.6 is 0 Å². The van der Waals surface area contributed by atoms with Crippen molar-refractivity contribution in [3.8, 4) is 5.75 Å². The zero-order valence-electron chi connectivity index (χ0n) is 27.7. The smallest absolute Gasteiger partial charge is 0.320 e. The molecule has 3 aromatic rings. The molecule has 1 saturated heterocycles. The van der Waals surface area contributed by atoms with E-state index < -0.39 is 12.0 Å². The maximum absolute atomic E-state index is 14.4. The Morgan fingerprint density at radius 3 is 2.53 bits per heavy atom. The predicted octanol–water partition coefficient (Wildman–Crippen LogP) is 6.81. The number of hydrogen-bond donors (Lipinski definition) is 1. The van der Waals surface area contributed by atoms with Gasteiger partial charge >= 0.3 is 5.97 Å². The number of nitrogens with zero attached hydrogens (tertiary/aromatic N) is 4. The van der Waals surface area contributed by atoms with Crippen molar-refractivity contribution in [2.75, 3.05) is 33.8 Å². The van der Waals surface area contributed by atoms with Gasteiger partial charge in [0.1, 0.15) is 17.6 Å². The van der Waals surface area contributed by atoms with Crippen LogP contribution in [0.5, 0.6) is 5.75 Å². The van der Waals surface area contributed by atoms with E-state index in [-0.39, 0.29) is 17.8 Å². The average molecular weight is 619 g/mol. The number of hydrogen-bond acceptors (Lipinski definition) is 5. The van der Waals surface area contributed by atoms with Gasteiger partial charge in [0, 0.05) is 37.2 Å². The second-order valence-corrected chi connectivity index (χ2v) is 13.7. The minimum Gasteiger partial charge on any atom is -0.497 e. The molecular formula is C37H51FN4O3. The molecule has 45 heavy (non-hydrogen) atoms. The molecule has 1 aromatic heterocycles. The number of carbonyl (C=O) groups is 1. The summed E-state index contributed by atoms with van der Waals surface area (Å²) in [6.07, 6.45) is 5.36. The van der Waals surface area contributed by atoms with Crippen LogP contribution in [-0.4, -0.2) is 76.5 Å². The Morgan fingerprint density at radius 1 is 1.11 bits per heavy atom. The molecule has 0 bridgehead atoms. The molecule has 2 aromatic carbocycles. The van der Waals surface area contributed by atoms with Crippen LogP contribution in [0.15, 0.2) is 54.6 Å². The lowest BCUT2D eigenvalue weighted by Crippen LogP contribution is -2.45. The van der Waals surface area contributed by atoms with E-state index in [0.29, 0.717) is 24.2 Å². The number of ether oxygens (including phenoxy) is 1. The van der Waals surface area contributed by atoms with Gasteiger partial charge in [-0.25, -0.2) is 4.39 Å². The van der Waals surface area contributed by atoms with E-state index in [1.54, 1.807) is 13.2 Å². The fraction of sp³-hybridized carbons (Fsp3) is 0.568. The number of likely N-dealkylation sites (N-methyl/N-ethyl adjacent to an activating group) is 1. The maximum Gasteiger partial charge on any atom is 0.320 e. The molecule has 8 heteroatoms. The molecule has 5 rings (SSSR count). The summed E-state index contributed by atoms with van der Waals surface area (Å²) in [4.78, 5) is 16.9. The van der Waals surface area contributed by atoms with Crippen LogP contribution in [0.25, 0.3) is 0 Å². The Hall–Kier alpha value is -3.23. The van der Waals surface area contributed by atoms with E-state index in [9.17, 15) is 14.3 Å². The van der Waals surface area contributed by atoms with Gasteiger partial charge in [-0.2, -0.15) is 5.10 Å². The summed E-state index contributed by atoms with van der Waals surface area (Å²) in [5.41, 5.74) is 4.67. The van der Waals surface area contributed by atoms with E-state index in [1.807, 2.05) is 31.3 Å². The highest BCUT2D eigenvalue weighted by atomic mass is 19.1. The summed E-state index contributed by atoms with van der Waals surface area (Å²) in [5.74, 6) is 1.24. The highest BCUT2D eigenvalue weighted by Gasteiger charge is 2.41. The minimum absolute atomic E-state index is 0.155. The van der Waals surface area contributed by atoms with E-state index >= 15 is 0 Å². The van der Waals surface area contributed by atoms with Gasteiger partial charge in [0.2, 0.25) is 0 Å². The number of methoxy groups -OCH3 is 1. The minimum atomic E-state index is -0.753. The molecule has 244 valence electrons. The van der Waals surface area contributed by atoms with Gasteiger partial charge in [-0.3, -0.25) is 14.4 Å². The van der Waals surface area contributed by atoms with Crippen molar-refractivity contribution in [3.05, 3.63) is 82.9 Å². The second-order valence-electron chi connectivity index (χ2n) is 13.7. The van der Waals surface area contributed by atoms with Crippen molar-refractivity contribution in [3.63, 3.8) is 0 Å². The van der Waals surface area contributed by atoms with E-state index in [0.717, 1.165) is 75.3 Å². The monoisotopic (exact) mass is 618 g/mol. The quantitative estimate of drug-likeness (QED) is 0.227. The average Bonchev–Trinajstić information content (AvgIpc) is 3.64. The number of halogens is 1. The first-order valence-electron chi connectivity index (χ1n) is 16.8. The lowest BCUT2D eigenvalue weighted by molar-refractivity contribution is -0.144. The summed E-state index contributed by atoms with van der Waals surface area (Å²) >= 11 is 0. The molecule has 0 amide bonds. The van der Waals surface area contributed by atoms with Gasteiger partial charge in [0.05, 0.1) is 12.8 Å². The molecule has 2 aliphatic rings. The molecule has 0 spiro atoms. The first-order valence-corrected chi connectivity index (χ1v) is 16.8. The number of carboxylic acid groups (broad SMARTS) is 1.